The van der Waals surface area contributed by atoms with E-state index in [1.165, 1.54) is 0 Å². The summed E-state index contributed by atoms with van der Waals surface area (Å²) in [7, 11) is 0. The Labute approximate surface area is 226 Å². The SMILES string of the molecule is N=C(C(=O)c1ccccc1CNC(=O)C(=O)NCC#CC(=O)NC1CC1)C1(c2cccc3ccccc23)CC1. The van der Waals surface area contributed by atoms with Crippen molar-refractivity contribution >= 4 is 40.0 Å². The summed E-state index contributed by atoms with van der Waals surface area (Å²) in [5.41, 5.74) is 1.21. The number of rotatable bonds is 8. The summed E-state index contributed by atoms with van der Waals surface area (Å²) in [4.78, 5) is 49.6. The quantitative estimate of drug-likeness (QED) is 0.158. The fourth-order valence-corrected chi connectivity index (χ4v) is 4.70. The Balaban J connectivity index is 1.22. The predicted molar refractivity (Wildman–Crippen MR) is 147 cm³/mol. The van der Waals surface area contributed by atoms with Crippen LogP contribution in [0, 0.1) is 17.3 Å². The number of Topliss-reactive ketones (excluding diaryl/α,β-unsaturated/α-hetero) is 1. The highest BCUT2D eigenvalue weighted by Gasteiger charge is 2.51. The summed E-state index contributed by atoms with van der Waals surface area (Å²) in [6.07, 6.45) is 3.34. The minimum absolute atomic E-state index is 0.0275. The number of hydrogen-bond acceptors (Lipinski definition) is 5. The van der Waals surface area contributed by atoms with E-state index in [0.717, 1.165) is 42.0 Å². The Morgan fingerprint density at radius 1 is 0.872 bits per heavy atom. The number of carbonyl (C=O) groups is 4. The molecule has 5 rings (SSSR count). The van der Waals surface area contributed by atoms with Crippen molar-refractivity contribution in [2.75, 3.05) is 6.54 Å². The summed E-state index contributed by atoms with van der Waals surface area (Å²) in [5.74, 6) is 2.31. The normalized spacial score (nSPS) is 14.9. The molecule has 2 aliphatic rings. The van der Waals surface area contributed by atoms with Gasteiger partial charge in [-0.1, -0.05) is 72.7 Å². The molecule has 0 aliphatic heterocycles. The van der Waals surface area contributed by atoms with Gasteiger partial charge in [0.1, 0.15) is 0 Å². The highest BCUT2D eigenvalue weighted by molar-refractivity contribution is 6.49. The van der Waals surface area contributed by atoms with Crippen LogP contribution in [-0.2, 0) is 26.3 Å². The number of amides is 3. The molecule has 0 radical (unpaired) electrons. The smallest absolute Gasteiger partial charge is 0.310 e. The van der Waals surface area contributed by atoms with Crippen LogP contribution in [-0.4, -0.2) is 41.8 Å². The Hall–Kier alpha value is -4.77. The zero-order chi connectivity index (χ0) is 27.4. The molecule has 8 heteroatoms. The molecule has 3 aromatic carbocycles. The van der Waals surface area contributed by atoms with Crippen molar-refractivity contribution in [2.45, 2.75) is 43.7 Å². The molecule has 0 unspecified atom stereocenters. The third-order valence-corrected chi connectivity index (χ3v) is 7.12. The van der Waals surface area contributed by atoms with Crippen LogP contribution in [0.3, 0.4) is 0 Å². The number of benzene rings is 3. The fourth-order valence-electron chi connectivity index (χ4n) is 4.70. The molecule has 196 valence electrons. The largest absolute Gasteiger partial charge is 0.344 e. The minimum Gasteiger partial charge on any atom is -0.344 e. The van der Waals surface area contributed by atoms with Gasteiger partial charge in [-0.15, -0.1) is 0 Å². The summed E-state index contributed by atoms with van der Waals surface area (Å²) in [6, 6.07) is 20.9. The average molecular weight is 521 g/mol. The van der Waals surface area contributed by atoms with E-state index in [4.69, 9.17) is 5.41 Å². The van der Waals surface area contributed by atoms with Crippen LogP contribution < -0.4 is 16.0 Å². The van der Waals surface area contributed by atoms with Crippen molar-refractivity contribution < 1.29 is 19.2 Å². The standard InChI is InChI=1S/C31H28N4O4/c32-28(31(16-17-31)25-12-5-9-20-7-1-3-10-23(20)25)27(37)24-11-4-2-8-21(24)19-34-30(39)29(38)33-18-6-13-26(36)35-22-14-15-22/h1-5,7-12,22,32H,14-19H2,(H,33,38)(H,34,39)(H,35,36). The molecule has 0 heterocycles. The van der Waals surface area contributed by atoms with Crippen LogP contribution in [0.5, 0.6) is 0 Å². The summed E-state index contributed by atoms with van der Waals surface area (Å²) >= 11 is 0. The zero-order valence-electron chi connectivity index (χ0n) is 21.3. The minimum atomic E-state index is -0.892. The van der Waals surface area contributed by atoms with Gasteiger partial charge in [0.2, 0.25) is 5.78 Å². The van der Waals surface area contributed by atoms with Gasteiger partial charge in [-0.25, -0.2) is 0 Å². The van der Waals surface area contributed by atoms with Crippen molar-refractivity contribution in [3.63, 3.8) is 0 Å². The summed E-state index contributed by atoms with van der Waals surface area (Å²) in [5, 5.41) is 18.6. The number of carbonyl (C=O) groups excluding carboxylic acids is 4. The number of ketones is 1. The van der Waals surface area contributed by atoms with Crippen LogP contribution in [0.1, 0.15) is 47.2 Å². The lowest BCUT2D eigenvalue weighted by Gasteiger charge is -2.20. The zero-order valence-corrected chi connectivity index (χ0v) is 21.3. The first kappa shape index (κ1) is 25.9. The predicted octanol–water partition coefficient (Wildman–Crippen LogP) is 2.79. The molecule has 2 saturated carbocycles. The molecular formula is C31H28N4O4. The second-order valence-electron chi connectivity index (χ2n) is 9.88. The van der Waals surface area contributed by atoms with E-state index in [0.29, 0.717) is 11.1 Å². The summed E-state index contributed by atoms with van der Waals surface area (Å²) in [6.45, 7) is -0.203. The van der Waals surface area contributed by atoms with Gasteiger partial charge in [-0.3, -0.25) is 19.2 Å². The maximum atomic E-state index is 13.6. The third kappa shape index (κ3) is 5.73. The number of fused-ring (bicyclic) bond motifs is 1. The van der Waals surface area contributed by atoms with Crippen molar-refractivity contribution in [1.82, 2.24) is 16.0 Å². The lowest BCUT2D eigenvalue weighted by Crippen LogP contribution is -2.40. The van der Waals surface area contributed by atoms with Crippen LogP contribution in [0.25, 0.3) is 10.8 Å². The molecule has 4 N–H and O–H groups in total. The van der Waals surface area contributed by atoms with Crippen molar-refractivity contribution in [2.24, 2.45) is 0 Å². The first-order valence-corrected chi connectivity index (χ1v) is 12.9. The second-order valence-corrected chi connectivity index (χ2v) is 9.88. The topological polar surface area (TPSA) is 128 Å². The molecule has 0 spiro atoms. The van der Waals surface area contributed by atoms with Crippen LogP contribution >= 0.6 is 0 Å². The van der Waals surface area contributed by atoms with Gasteiger partial charge >= 0.3 is 11.8 Å². The molecule has 0 aromatic heterocycles. The maximum Gasteiger partial charge on any atom is 0.310 e. The molecule has 0 atom stereocenters. The van der Waals surface area contributed by atoms with Crippen LogP contribution in [0.15, 0.2) is 66.7 Å². The molecule has 39 heavy (non-hydrogen) atoms. The van der Waals surface area contributed by atoms with Gasteiger partial charge in [0.05, 0.1) is 12.3 Å². The Morgan fingerprint density at radius 2 is 1.56 bits per heavy atom. The third-order valence-electron chi connectivity index (χ3n) is 7.12. The van der Waals surface area contributed by atoms with Gasteiger partial charge < -0.3 is 21.4 Å². The van der Waals surface area contributed by atoms with Crippen LogP contribution in [0.2, 0.25) is 0 Å². The van der Waals surface area contributed by atoms with Gasteiger partial charge in [0.25, 0.3) is 5.91 Å². The first-order chi connectivity index (χ1) is 18.9. The second kappa shape index (κ2) is 10.9. The van der Waals surface area contributed by atoms with Gasteiger partial charge in [-0.2, -0.15) is 0 Å². The Morgan fingerprint density at radius 3 is 2.33 bits per heavy atom. The van der Waals surface area contributed by atoms with E-state index in [9.17, 15) is 19.2 Å². The molecular weight excluding hydrogens is 492 g/mol. The number of nitrogens with one attached hydrogen (secondary N) is 4. The molecule has 3 amide bonds. The van der Waals surface area contributed by atoms with E-state index >= 15 is 0 Å². The maximum absolute atomic E-state index is 13.6. The molecule has 2 aliphatic carbocycles. The Bertz CT molecular complexity index is 1550. The van der Waals surface area contributed by atoms with Gasteiger partial charge in [0, 0.05) is 23.6 Å². The van der Waals surface area contributed by atoms with Gasteiger partial charge in [0.15, 0.2) is 0 Å². The average Bonchev–Trinajstić information content (AvgIpc) is 3.89. The summed E-state index contributed by atoms with van der Waals surface area (Å²) < 4.78 is 0. The van der Waals surface area contributed by atoms with Crippen LogP contribution in [0.4, 0.5) is 0 Å². The number of hydrogen-bond donors (Lipinski definition) is 4. The molecule has 0 bridgehead atoms. The molecule has 2 fully saturated rings. The first-order valence-electron chi connectivity index (χ1n) is 12.9. The Kier molecular flexibility index (Phi) is 7.24. The lowest BCUT2D eigenvalue weighted by atomic mass is 9.83. The molecule has 3 aromatic rings. The van der Waals surface area contributed by atoms with E-state index in [1.807, 2.05) is 42.5 Å². The van der Waals surface area contributed by atoms with E-state index in [2.05, 4.69) is 27.8 Å². The van der Waals surface area contributed by atoms with Crippen molar-refractivity contribution in [3.8, 4) is 11.8 Å². The fraction of sp³-hybridized carbons (Fsp3) is 0.258. The molecule has 0 saturated heterocycles. The highest BCUT2D eigenvalue weighted by Crippen LogP contribution is 2.51. The molecule has 8 nitrogen and oxygen atoms in total. The van der Waals surface area contributed by atoms with E-state index < -0.39 is 28.9 Å². The monoisotopic (exact) mass is 520 g/mol. The van der Waals surface area contributed by atoms with Crippen molar-refractivity contribution in [3.05, 3.63) is 83.4 Å². The van der Waals surface area contributed by atoms with E-state index in [1.54, 1.807) is 24.3 Å². The van der Waals surface area contributed by atoms with E-state index in [-0.39, 0.29) is 24.8 Å². The van der Waals surface area contributed by atoms with Gasteiger partial charge in [-0.05, 0) is 53.5 Å². The van der Waals surface area contributed by atoms with Crippen molar-refractivity contribution in [1.29, 1.82) is 5.41 Å². The highest BCUT2D eigenvalue weighted by atomic mass is 16.2. The lowest BCUT2D eigenvalue weighted by molar-refractivity contribution is -0.139.